The number of carbonyl (C=O) groups excluding carboxylic acids is 2. The van der Waals surface area contributed by atoms with E-state index in [1.54, 1.807) is 32.2 Å². The van der Waals surface area contributed by atoms with E-state index >= 15 is 0 Å². The van der Waals surface area contributed by atoms with E-state index in [0.29, 0.717) is 28.2 Å². The summed E-state index contributed by atoms with van der Waals surface area (Å²) in [6.45, 7) is 1.75. The summed E-state index contributed by atoms with van der Waals surface area (Å²) in [6.07, 6.45) is 0. The van der Waals surface area contributed by atoms with Gasteiger partial charge in [-0.05, 0) is 31.2 Å². The van der Waals surface area contributed by atoms with E-state index in [-0.39, 0.29) is 17.6 Å². The third kappa shape index (κ3) is 3.63. The fourth-order valence-corrected chi connectivity index (χ4v) is 4.01. The van der Waals surface area contributed by atoms with E-state index < -0.39 is 6.04 Å². The van der Waals surface area contributed by atoms with E-state index in [1.807, 2.05) is 24.3 Å². The van der Waals surface area contributed by atoms with Gasteiger partial charge in [0.25, 0.3) is 5.91 Å². The molecule has 1 unspecified atom stereocenters. The molecule has 8 nitrogen and oxygen atoms in total. The van der Waals surface area contributed by atoms with Crippen molar-refractivity contribution in [3.8, 4) is 11.5 Å². The number of para-hydroxylation sites is 1. The molecule has 0 saturated carbocycles. The maximum absolute atomic E-state index is 12.6. The molecule has 30 heavy (non-hydrogen) atoms. The molecule has 0 aromatic heterocycles. The lowest BCUT2D eigenvalue weighted by atomic mass is 10.1. The lowest BCUT2D eigenvalue weighted by Crippen LogP contribution is -2.41. The molecular formula is C21H20N4O4S. The van der Waals surface area contributed by atoms with Gasteiger partial charge in [-0.15, -0.1) is 0 Å². The monoisotopic (exact) mass is 424 g/mol. The van der Waals surface area contributed by atoms with Crippen LogP contribution in [-0.4, -0.2) is 53.7 Å². The Morgan fingerprint density at radius 3 is 2.70 bits per heavy atom. The number of ether oxygens (including phenoxy) is 2. The van der Waals surface area contributed by atoms with Gasteiger partial charge in [-0.25, -0.2) is 9.89 Å². The van der Waals surface area contributed by atoms with Gasteiger partial charge in [0.1, 0.15) is 11.9 Å². The average molecular weight is 424 g/mol. The molecule has 2 aliphatic rings. The third-order valence-electron chi connectivity index (χ3n) is 4.66. The van der Waals surface area contributed by atoms with Crippen molar-refractivity contribution in [2.45, 2.75) is 13.0 Å². The van der Waals surface area contributed by atoms with Crippen LogP contribution in [0.1, 0.15) is 12.5 Å². The SMILES string of the molecule is COc1ccc(NC(=O)CSC2=Nc3ccccc3C3=NC(C)C(=O)N23)cc1OC. The summed E-state index contributed by atoms with van der Waals surface area (Å²) in [5.41, 5.74) is 2.13. The van der Waals surface area contributed by atoms with Gasteiger partial charge < -0.3 is 14.8 Å². The first-order valence-corrected chi connectivity index (χ1v) is 10.2. The predicted octanol–water partition coefficient (Wildman–Crippen LogP) is 3.05. The molecule has 0 fully saturated rings. The molecule has 0 spiro atoms. The van der Waals surface area contributed by atoms with E-state index in [4.69, 9.17) is 9.47 Å². The number of rotatable bonds is 5. The molecule has 2 aliphatic heterocycles. The molecule has 0 radical (unpaired) electrons. The zero-order valence-electron chi connectivity index (χ0n) is 16.7. The first-order valence-electron chi connectivity index (χ1n) is 9.26. The number of amides is 2. The molecule has 0 aliphatic carbocycles. The number of hydrogen-bond donors (Lipinski definition) is 1. The Kier molecular flexibility index (Phi) is 5.45. The molecule has 2 heterocycles. The molecular weight excluding hydrogens is 404 g/mol. The van der Waals surface area contributed by atoms with Crippen molar-refractivity contribution in [1.29, 1.82) is 0 Å². The number of thioether (sulfide) groups is 1. The smallest absolute Gasteiger partial charge is 0.258 e. The second kappa shape index (κ2) is 8.19. The Bertz CT molecular complexity index is 1080. The molecule has 0 saturated heterocycles. The number of amidine groups is 2. The van der Waals surface area contributed by atoms with Crippen LogP contribution in [0.4, 0.5) is 11.4 Å². The van der Waals surface area contributed by atoms with Crippen LogP contribution in [-0.2, 0) is 9.59 Å². The van der Waals surface area contributed by atoms with Crippen LogP contribution in [0.2, 0.25) is 0 Å². The summed E-state index contributed by atoms with van der Waals surface area (Å²) in [5.74, 6) is 1.39. The number of hydrogen-bond acceptors (Lipinski definition) is 7. The van der Waals surface area contributed by atoms with E-state index in [2.05, 4.69) is 15.3 Å². The zero-order chi connectivity index (χ0) is 21.3. The number of aliphatic imine (C=N–C) groups is 2. The average Bonchev–Trinajstić information content (AvgIpc) is 3.06. The van der Waals surface area contributed by atoms with E-state index in [0.717, 1.165) is 11.3 Å². The van der Waals surface area contributed by atoms with Gasteiger partial charge >= 0.3 is 0 Å². The van der Waals surface area contributed by atoms with Gasteiger partial charge in [-0.1, -0.05) is 23.9 Å². The van der Waals surface area contributed by atoms with Crippen molar-refractivity contribution in [3.63, 3.8) is 0 Å². The number of nitrogens with one attached hydrogen (secondary N) is 1. The fourth-order valence-electron chi connectivity index (χ4n) is 3.21. The highest BCUT2D eigenvalue weighted by atomic mass is 32.2. The minimum atomic E-state index is -0.474. The van der Waals surface area contributed by atoms with Crippen molar-refractivity contribution in [2.24, 2.45) is 9.98 Å². The minimum Gasteiger partial charge on any atom is -0.493 e. The largest absolute Gasteiger partial charge is 0.493 e. The number of fused-ring (bicyclic) bond motifs is 3. The van der Waals surface area contributed by atoms with E-state index in [1.165, 1.54) is 23.8 Å². The van der Waals surface area contributed by atoms with Gasteiger partial charge in [0.15, 0.2) is 16.7 Å². The highest BCUT2D eigenvalue weighted by molar-refractivity contribution is 8.14. The lowest BCUT2D eigenvalue weighted by molar-refractivity contribution is -0.124. The molecule has 154 valence electrons. The topological polar surface area (TPSA) is 92.6 Å². The minimum absolute atomic E-state index is 0.0841. The number of nitrogens with zero attached hydrogens (tertiary/aromatic N) is 3. The van der Waals surface area contributed by atoms with Crippen molar-refractivity contribution in [2.75, 3.05) is 25.3 Å². The number of carbonyl (C=O) groups is 2. The number of methoxy groups -OCH3 is 2. The molecule has 1 N–H and O–H groups in total. The number of benzene rings is 2. The Hall–Kier alpha value is -3.33. The van der Waals surface area contributed by atoms with Gasteiger partial charge in [-0.2, -0.15) is 0 Å². The van der Waals surface area contributed by atoms with Gasteiger partial charge in [0, 0.05) is 17.3 Å². The number of anilines is 1. The molecule has 0 bridgehead atoms. The maximum Gasteiger partial charge on any atom is 0.258 e. The van der Waals surface area contributed by atoms with Crippen LogP contribution in [0, 0.1) is 0 Å². The van der Waals surface area contributed by atoms with Crippen LogP contribution < -0.4 is 14.8 Å². The fraction of sp³-hybridized carbons (Fsp3) is 0.238. The quantitative estimate of drug-likeness (QED) is 0.796. The van der Waals surface area contributed by atoms with Crippen molar-refractivity contribution < 1.29 is 19.1 Å². The Labute approximate surface area is 178 Å². The summed E-state index contributed by atoms with van der Waals surface area (Å²) in [5, 5.41) is 3.27. The summed E-state index contributed by atoms with van der Waals surface area (Å²) in [4.78, 5) is 35.7. The van der Waals surface area contributed by atoms with Crippen molar-refractivity contribution >= 4 is 46.0 Å². The normalized spacial score (nSPS) is 17.0. The Morgan fingerprint density at radius 2 is 1.93 bits per heavy atom. The Balaban J connectivity index is 1.49. The first kappa shape index (κ1) is 20.0. The summed E-state index contributed by atoms with van der Waals surface area (Å²) >= 11 is 1.19. The highest BCUT2D eigenvalue weighted by Crippen LogP contribution is 2.33. The summed E-state index contributed by atoms with van der Waals surface area (Å²) < 4.78 is 10.5. The van der Waals surface area contributed by atoms with Crippen LogP contribution in [0.3, 0.4) is 0 Å². The summed E-state index contributed by atoms with van der Waals surface area (Å²) in [6, 6.07) is 12.2. The van der Waals surface area contributed by atoms with Crippen LogP contribution in [0.25, 0.3) is 0 Å². The molecule has 2 aromatic rings. The predicted molar refractivity (Wildman–Crippen MR) is 117 cm³/mol. The Morgan fingerprint density at radius 1 is 1.17 bits per heavy atom. The van der Waals surface area contributed by atoms with Gasteiger partial charge in [0.2, 0.25) is 5.91 Å². The van der Waals surface area contributed by atoms with E-state index in [9.17, 15) is 9.59 Å². The lowest BCUT2D eigenvalue weighted by Gasteiger charge is -2.25. The van der Waals surface area contributed by atoms with Crippen molar-refractivity contribution in [1.82, 2.24) is 4.90 Å². The standard InChI is InChI=1S/C21H20N4O4S/c1-12-20(27)25-19(22-12)14-6-4-5-7-15(14)24-21(25)30-11-18(26)23-13-8-9-16(28-2)17(10-13)29-3/h4-10,12H,11H2,1-3H3,(H,23,26). The molecule has 4 rings (SSSR count). The highest BCUT2D eigenvalue weighted by Gasteiger charge is 2.39. The van der Waals surface area contributed by atoms with Gasteiger partial charge in [0.05, 0.1) is 25.7 Å². The van der Waals surface area contributed by atoms with Gasteiger partial charge in [-0.3, -0.25) is 14.6 Å². The summed E-state index contributed by atoms with van der Waals surface area (Å²) in [7, 11) is 3.08. The molecule has 9 heteroatoms. The van der Waals surface area contributed by atoms with Crippen LogP contribution >= 0.6 is 11.8 Å². The van der Waals surface area contributed by atoms with Crippen molar-refractivity contribution in [3.05, 3.63) is 48.0 Å². The molecule has 2 aromatic carbocycles. The molecule has 2 amide bonds. The third-order valence-corrected chi connectivity index (χ3v) is 5.60. The second-order valence-electron chi connectivity index (χ2n) is 6.62. The van der Waals surface area contributed by atoms with Crippen LogP contribution in [0.15, 0.2) is 52.4 Å². The second-order valence-corrected chi connectivity index (χ2v) is 7.56. The molecule has 1 atom stereocenters. The van der Waals surface area contributed by atoms with Crippen LogP contribution in [0.5, 0.6) is 11.5 Å². The maximum atomic E-state index is 12.6. The first-order chi connectivity index (χ1) is 14.5. The zero-order valence-corrected chi connectivity index (χ0v) is 17.5.